The van der Waals surface area contributed by atoms with Gasteiger partial charge in [0.05, 0.1) is 0 Å². The van der Waals surface area contributed by atoms with E-state index in [-0.39, 0.29) is 0 Å². The van der Waals surface area contributed by atoms with Crippen molar-refractivity contribution in [3.8, 4) is 0 Å². The number of nitrogens with one attached hydrogen (secondary N) is 1. The number of anilines is 1. The molecule has 1 N–H and O–H groups in total. The van der Waals surface area contributed by atoms with Crippen LogP contribution >= 0.6 is 11.8 Å². The van der Waals surface area contributed by atoms with Crippen LogP contribution in [0.3, 0.4) is 0 Å². The maximum atomic E-state index is 3.72. The second-order valence-electron chi connectivity index (χ2n) is 5.86. The second kappa shape index (κ2) is 7.94. The van der Waals surface area contributed by atoms with Crippen LogP contribution in [0.15, 0.2) is 24.3 Å². The molecule has 2 rings (SSSR count). The van der Waals surface area contributed by atoms with Crippen LogP contribution in [0.5, 0.6) is 0 Å². The van der Waals surface area contributed by atoms with Crippen molar-refractivity contribution in [2.75, 3.05) is 29.5 Å². The van der Waals surface area contributed by atoms with E-state index in [9.17, 15) is 0 Å². The molecule has 0 saturated carbocycles. The van der Waals surface area contributed by atoms with Gasteiger partial charge in [0, 0.05) is 31.4 Å². The highest BCUT2D eigenvalue weighted by molar-refractivity contribution is 7.99. The molecule has 1 aromatic rings. The zero-order valence-corrected chi connectivity index (χ0v) is 13.9. The molecule has 0 saturated heterocycles. The quantitative estimate of drug-likeness (QED) is 0.804. The van der Waals surface area contributed by atoms with Gasteiger partial charge < -0.3 is 10.2 Å². The van der Waals surface area contributed by atoms with E-state index < -0.39 is 0 Å². The van der Waals surface area contributed by atoms with Crippen molar-refractivity contribution in [1.29, 1.82) is 0 Å². The Balaban J connectivity index is 2.07. The Morgan fingerprint density at radius 2 is 2.15 bits per heavy atom. The van der Waals surface area contributed by atoms with Crippen LogP contribution in [0.25, 0.3) is 0 Å². The molecule has 1 heterocycles. The van der Waals surface area contributed by atoms with Crippen LogP contribution in [-0.2, 0) is 6.54 Å². The largest absolute Gasteiger partial charge is 0.370 e. The third kappa shape index (κ3) is 4.16. The number of nitrogens with zero attached hydrogens (tertiary/aromatic N) is 1. The summed E-state index contributed by atoms with van der Waals surface area (Å²) in [7, 11) is 0. The molecule has 2 nitrogen and oxygen atoms in total. The molecule has 0 fully saturated rings. The maximum absolute atomic E-state index is 3.72. The molecule has 1 aliphatic rings. The van der Waals surface area contributed by atoms with Crippen LogP contribution in [0.1, 0.15) is 32.8 Å². The van der Waals surface area contributed by atoms with E-state index in [1.807, 2.05) is 11.8 Å². The highest BCUT2D eigenvalue weighted by Gasteiger charge is 2.22. The highest BCUT2D eigenvalue weighted by atomic mass is 32.2. The topological polar surface area (TPSA) is 15.3 Å². The van der Waals surface area contributed by atoms with Crippen molar-refractivity contribution in [1.82, 2.24) is 5.32 Å². The summed E-state index contributed by atoms with van der Waals surface area (Å²) in [6.07, 6.45) is 1.28. The lowest BCUT2D eigenvalue weighted by Crippen LogP contribution is -2.42. The van der Waals surface area contributed by atoms with E-state index in [1.54, 1.807) is 0 Å². The number of thioether (sulfide) groups is 1. The van der Waals surface area contributed by atoms with Gasteiger partial charge in [0.25, 0.3) is 0 Å². The lowest BCUT2D eigenvalue weighted by atomic mass is 10.0. The standard InChI is InChI=1S/C17H28N2S/c1-4-20-11-7-10-19-13-16(14(2)3)18-12-15-8-5-6-9-17(15)19/h5-6,8-9,14,16,18H,4,7,10-13H2,1-3H3. The van der Waals surface area contributed by atoms with Gasteiger partial charge in [-0.1, -0.05) is 39.0 Å². The lowest BCUT2D eigenvalue weighted by molar-refractivity contribution is 0.404. The van der Waals surface area contributed by atoms with Crippen molar-refractivity contribution in [2.24, 2.45) is 5.92 Å². The minimum Gasteiger partial charge on any atom is -0.370 e. The van der Waals surface area contributed by atoms with Gasteiger partial charge in [0.15, 0.2) is 0 Å². The molecule has 20 heavy (non-hydrogen) atoms. The van der Waals surface area contributed by atoms with Gasteiger partial charge in [0.2, 0.25) is 0 Å². The van der Waals surface area contributed by atoms with Crippen LogP contribution in [0, 0.1) is 5.92 Å². The summed E-state index contributed by atoms with van der Waals surface area (Å²) in [6, 6.07) is 9.45. The van der Waals surface area contributed by atoms with E-state index >= 15 is 0 Å². The molecule has 0 aromatic heterocycles. The predicted molar refractivity (Wildman–Crippen MR) is 91.7 cm³/mol. The summed E-state index contributed by atoms with van der Waals surface area (Å²) >= 11 is 2.05. The van der Waals surface area contributed by atoms with Crippen LogP contribution in [0.4, 0.5) is 5.69 Å². The second-order valence-corrected chi connectivity index (χ2v) is 7.25. The Labute approximate surface area is 128 Å². The number of benzene rings is 1. The summed E-state index contributed by atoms with van der Waals surface area (Å²) in [5.41, 5.74) is 2.88. The van der Waals surface area contributed by atoms with Crippen LogP contribution in [-0.4, -0.2) is 30.6 Å². The molecule has 1 aromatic carbocycles. The fraction of sp³-hybridized carbons (Fsp3) is 0.647. The van der Waals surface area contributed by atoms with Crippen molar-refractivity contribution < 1.29 is 0 Å². The molecule has 1 atom stereocenters. The maximum Gasteiger partial charge on any atom is 0.0412 e. The molecule has 0 bridgehead atoms. The van der Waals surface area contributed by atoms with Gasteiger partial charge in [-0.25, -0.2) is 0 Å². The number of hydrogen-bond acceptors (Lipinski definition) is 3. The molecule has 0 radical (unpaired) electrons. The number of para-hydroxylation sites is 1. The fourth-order valence-corrected chi connectivity index (χ4v) is 3.39. The molecule has 1 unspecified atom stereocenters. The summed E-state index contributed by atoms with van der Waals surface area (Å²) < 4.78 is 0. The Morgan fingerprint density at radius 1 is 1.35 bits per heavy atom. The Hall–Kier alpha value is -0.670. The van der Waals surface area contributed by atoms with Gasteiger partial charge in [0.1, 0.15) is 0 Å². The average molecular weight is 292 g/mol. The van der Waals surface area contributed by atoms with Crippen molar-refractivity contribution in [2.45, 2.75) is 39.8 Å². The van der Waals surface area contributed by atoms with Gasteiger partial charge in [-0.15, -0.1) is 0 Å². The first kappa shape index (κ1) is 15.7. The predicted octanol–water partition coefficient (Wildman–Crippen LogP) is 3.76. The van der Waals surface area contributed by atoms with E-state index in [1.165, 1.54) is 35.7 Å². The monoisotopic (exact) mass is 292 g/mol. The lowest BCUT2D eigenvalue weighted by Gasteiger charge is -2.29. The Kier molecular flexibility index (Phi) is 6.24. The number of fused-ring (bicyclic) bond motifs is 1. The normalized spacial score (nSPS) is 19.0. The fourth-order valence-electron chi connectivity index (χ4n) is 2.77. The summed E-state index contributed by atoms with van der Waals surface area (Å²) in [4.78, 5) is 2.59. The summed E-state index contributed by atoms with van der Waals surface area (Å²) in [5.74, 6) is 3.18. The molecule has 1 aliphatic heterocycles. The third-order valence-corrected chi connectivity index (χ3v) is 5.02. The van der Waals surface area contributed by atoms with Crippen molar-refractivity contribution in [3.63, 3.8) is 0 Å². The Bertz CT molecular complexity index is 406. The smallest absolute Gasteiger partial charge is 0.0412 e. The molecular weight excluding hydrogens is 264 g/mol. The SMILES string of the molecule is CCSCCCN1CC(C(C)C)NCc2ccccc21. The van der Waals surface area contributed by atoms with Gasteiger partial charge in [-0.2, -0.15) is 11.8 Å². The third-order valence-electron chi connectivity index (χ3n) is 4.03. The van der Waals surface area contributed by atoms with Gasteiger partial charge >= 0.3 is 0 Å². The van der Waals surface area contributed by atoms with E-state index in [0.717, 1.165) is 13.1 Å². The summed E-state index contributed by atoms with van der Waals surface area (Å²) in [5, 5.41) is 3.72. The minimum absolute atomic E-state index is 0.584. The summed E-state index contributed by atoms with van der Waals surface area (Å²) in [6.45, 7) is 10.2. The van der Waals surface area contributed by atoms with E-state index in [2.05, 4.69) is 55.3 Å². The zero-order chi connectivity index (χ0) is 14.4. The van der Waals surface area contributed by atoms with Crippen LogP contribution in [0.2, 0.25) is 0 Å². The molecule has 0 aliphatic carbocycles. The van der Waals surface area contributed by atoms with Crippen molar-refractivity contribution >= 4 is 17.4 Å². The molecule has 112 valence electrons. The van der Waals surface area contributed by atoms with Gasteiger partial charge in [-0.3, -0.25) is 0 Å². The highest BCUT2D eigenvalue weighted by Crippen LogP contribution is 2.25. The number of rotatable bonds is 6. The van der Waals surface area contributed by atoms with E-state index in [4.69, 9.17) is 0 Å². The van der Waals surface area contributed by atoms with Crippen molar-refractivity contribution in [3.05, 3.63) is 29.8 Å². The van der Waals surface area contributed by atoms with Crippen LogP contribution < -0.4 is 10.2 Å². The molecule has 0 spiro atoms. The first-order valence-electron chi connectivity index (χ1n) is 7.86. The zero-order valence-electron chi connectivity index (χ0n) is 13.1. The van der Waals surface area contributed by atoms with Gasteiger partial charge in [-0.05, 0) is 35.5 Å². The first-order valence-corrected chi connectivity index (χ1v) is 9.01. The first-order chi connectivity index (χ1) is 9.72. The van der Waals surface area contributed by atoms with E-state index in [0.29, 0.717) is 12.0 Å². The number of hydrogen-bond donors (Lipinski definition) is 1. The Morgan fingerprint density at radius 3 is 2.90 bits per heavy atom. The minimum atomic E-state index is 0.584. The molecule has 0 amide bonds. The molecule has 3 heteroatoms. The average Bonchev–Trinajstić information content (AvgIpc) is 2.64. The molecular formula is C17H28N2S.